The predicted octanol–water partition coefficient (Wildman–Crippen LogP) is -1.28. The first-order chi connectivity index (χ1) is 8.88. The Morgan fingerprint density at radius 2 is 1.53 bits per heavy atom. The van der Waals surface area contributed by atoms with Gasteiger partial charge >= 0.3 is 0 Å². The molecule has 112 valence electrons. The molecule has 2 rings (SSSR count). The van der Waals surface area contributed by atoms with E-state index in [2.05, 4.69) is 0 Å². The van der Waals surface area contributed by atoms with Crippen LogP contribution in [0.1, 0.15) is 26.7 Å². The Hall–Kier alpha value is -0.280. The zero-order valence-electron chi connectivity index (χ0n) is 11.0. The molecular formula is C12H22O7. The van der Waals surface area contributed by atoms with E-state index in [4.69, 9.17) is 14.2 Å². The molecule has 0 aromatic heterocycles. The van der Waals surface area contributed by atoms with E-state index in [9.17, 15) is 20.4 Å². The van der Waals surface area contributed by atoms with Crippen LogP contribution in [0.15, 0.2) is 0 Å². The predicted molar refractivity (Wildman–Crippen MR) is 63.0 cm³/mol. The van der Waals surface area contributed by atoms with E-state index in [1.165, 1.54) is 0 Å². The largest absolute Gasteiger partial charge is 0.390 e. The van der Waals surface area contributed by atoms with Crippen LogP contribution >= 0.6 is 0 Å². The van der Waals surface area contributed by atoms with Crippen molar-refractivity contribution in [3.05, 3.63) is 0 Å². The Morgan fingerprint density at radius 1 is 0.895 bits per heavy atom. The lowest BCUT2D eigenvalue weighted by atomic mass is 10.0. The van der Waals surface area contributed by atoms with Crippen molar-refractivity contribution in [3.63, 3.8) is 0 Å². The van der Waals surface area contributed by atoms with Gasteiger partial charge in [-0.2, -0.15) is 0 Å². The van der Waals surface area contributed by atoms with Gasteiger partial charge in [-0.25, -0.2) is 0 Å². The van der Waals surface area contributed by atoms with E-state index in [-0.39, 0.29) is 12.8 Å². The van der Waals surface area contributed by atoms with Crippen LogP contribution in [0.25, 0.3) is 0 Å². The maximum absolute atomic E-state index is 9.94. The molecule has 0 unspecified atom stereocenters. The Bertz CT molecular complexity index is 288. The maximum atomic E-state index is 9.94. The van der Waals surface area contributed by atoms with E-state index in [1.54, 1.807) is 13.8 Å². The molecule has 0 saturated carbocycles. The van der Waals surface area contributed by atoms with Gasteiger partial charge < -0.3 is 34.6 Å². The second-order valence-electron chi connectivity index (χ2n) is 5.26. The summed E-state index contributed by atoms with van der Waals surface area (Å²) in [7, 11) is 0. The van der Waals surface area contributed by atoms with Gasteiger partial charge in [0.2, 0.25) is 0 Å². The average molecular weight is 278 g/mol. The van der Waals surface area contributed by atoms with Gasteiger partial charge in [-0.05, 0) is 13.8 Å². The minimum Gasteiger partial charge on any atom is -0.390 e. The molecule has 2 fully saturated rings. The van der Waals surface area contributed by atoms with E-state index in [0.29, 0.717) is 0 Å². The Kier molecular flexibility index (Phi) is 4.78. The van der Waals surface area contributed by atoms with Gasteiger partial charge in [0, 0.05) is 12.8 Å². The number of hydrogen-bond donors (Lipinski definition) is 4. The highest BCUT2D eigenvalue weighted by molar-refractivity contribution is 4.84. The third kappa shape index (κ3) is 3.43. The van der Waals surface area contributed by atoms with Crippen LogP contribution in [-0.2, 0) is 14.2 Å². The van der Waals surface area contributed by atoms with Crippen molar-refractivity contribution in [2.24, 2.45) is 0 Å². The molecule has 4 N–H and O–H groups in total. The molecule has 19 heavy (non-hydrogen) atoms. The van der Waals surface area contributed by atoms with Gasteiger partial charge in [-0.3, -0.25) is 0 Å². The topological polar surface area (TPSA) is 109 Å². The van der Waals surface area contributed by atoms with Crippen molar-refractivity contribution in [2.45, 2.75) is 75.9 Å². The molecule has 7 heteroatoms. The van der Waals surface area contributed by atoms with Crippen molar-refractivity contribution in [1.82, 2.24) is 0 Å². The zero-order valence-corrected chi connectivity index (χ0v) is 11.0. The standard InChI is InChI=1S/C12H22O7/c1-5-11(15)7(13)3-10(18-5)19-8-4-9(14)17-6(2)12(8)16/h5-16H,3-4H2,1-2H3/t5-,6-,7-,8-,9+,10-,11-,12+/m1/s1. The molecule has 2 aliphatic heterocycles. The Labute approximate surface area is 111 Å². The van der Waals surface area contributed by atoms with Crippen molar-refractivity contribution in [2.75, 3.05) is 0 Å². The Morgan fingerprint density at radius 3 is 2.16 bits per heavy atom. The highest BCUT2D eigenvalue weighted by Crippen LogP contribution is 2.27. The summed E-state index contributed by atoms with van der Waals surface area (Å²) >= 11 is 0. The molecule has 0 bridgehead atoms. The van der Waals surface area contributed by atoms with Crippen LogP contribution in [0.4, 0.5) is 0 Å². The molecule has 0 aliphatic carbocycles. The number of hydrogen-bond acceptors (Lipinski definition) is 7. The van der Waals surface area contributed by atoms with Crippen LogP contribution in [0.5, 0.6) is 0 Å². The summed E-state index contributed by atoms with van der Waals surface area (Å²) in [5.74, 6) is 0. The number of aliphatic hydroxyl groups excluding tert-OH is 4. The van der Waals surface area contributed by atoms with E-state index < -0.39 is 49.2 Å². The van der Waals surface area contributed by atoms with Crippen LogP contribution in [0.3, 0.4) is 0 Å². The lowest BCUT2D eigenvalue weighted by Gasteiger charge is -2.40. The normalized spacial score (nSPS) is 52.1. The highest BCUT2D eigenvalue weighted by Gasteiger charge is 2.40. The Balaban J connectivity index is 1.93. The fourth-order valence-corrected chi connectivity index (χ4v) is 2.47. The summed E-state index contributed by atoms with van der Waals surface area (Å²) in [4.78, 5) is 0. The van der Waals surface area contributed by atoms with E-state index in [0.717, 1.165) is 0 Å². The molecule has 2 aliphatic rings. The van der Waals surface area contributed by atoms with Gasteiger partial charge in [-0.1, -0.05) is 0 Å². The van der Waals surface area contributed by atoms with Gasteiger partial charge in [0.15, 0.2) is 12.6 Å². The highest BCUT2D eigenvalue weighted by atomic mass is 16.7. The summed E-state index contributed by atoms with van der Waals surface area (Å²) < 4.78 is 16.1. The molecule has 0 amide bonds. The maximum Gasteiger partial charge on any atom is 0.161 e. The third-order valence-electron chi connectivity index (χ3n) is 3.67. The van der Waals surface area contributed by atoms with Crippen LogP contribution in [0.2, 0.25) is 0 Å². The quantitative estimate of drug-likeness (QED) is 0.498. The van der Waals surface area contributed by atoms with E-state index in [1.807, 2.05) is 0 Å². The molecule has 2 saturated heterocycles. The molecule has 0 aromatic rings. The molecule has 2 heterocycles. The summed E-state index contributed by atoms with van der Waals surface area (Å²) in [5.41, 5.74) is 0. The number of rotatable bonds is 2. The van der Waals surface area contributed by atoms with Gasteiger partial charge in [-0.15, -0.1) is 0 Å². The van der Waals surface area contributed by atoms with Crippen LogP contribution in [-0.4, -0.2) is 69.6 Å². The lowest BCUT2D eigenvalue weighted by molar-refractivity contribution is -0.300. The lowest BCUT2D eigenvalue weighted by Crippen LogP contribution is -2.53. The first kappa shape index (κ1) is 15.1. The van der Waals surface area contributed by atoms with Crippen LogP contribution in [0, 0.1) is 0 Å². The summed E-state index contributed by atoms with van der Waals surface area (Å²) in [5, 5.41) is 38.7. The fourth-order valence-electron chi connectivity index (χ4n) is 2.47. The second-order valence-corrected chi connectivity index (χ2v) is 5.26. The smallest absolute Gasteiger partial charge is 0.161 e. The number of aliphatic hydroxyl groups is 4. The molecule has 0 radical (unpaired) electrons. The average Bonchev–Trinajstić information content (AvgIpc) is 2.32. The molecular weight excluding hydrogens is 256 g/mol. The SMILES string of the molecule is C[C@H]1O[C@H](O[C@@H]2C[C@@H](O)O[C@H](C)[C@@H]2O)C[C@@H](O)[C@@H]1O. The van der Waals surface area contributed by atoms with Crippen molar-refractivity contribution in [3.8, 4) is 0 Å². The van der Waals surface area contributed by atoms with E-state index >= 15 is 0 Å². The first-order valence-electron chi connectivity index (χ1n) is 6.57. The first-order valence-corrected chi connectivity index (χ1v) is 6.57. The minimum absolute atomic E-state index is 0.125. The summed E-state index contributed by atoms with van der Waals surface area (Å²) in [6.45, 7) is 3.29. The van der Waals surface area contributed by atoms with Crippen molar-refractivity contribution < 1.29 is 34.6 Å². The number of ether oxygens (including phenoxy) is 3. The monoisotopic (exact) mass is 278 g/mol. The van der Waals surface area contributed by atoms with Crippen molar-refractivity contribution >= 4 is 0 Å². The zero-order chi connectivity index (χ0) is 14.2. The fraction of sp³-hybridized carbons (Fsp3) is 1.00. The van der Waals surface area contributed by atoms with Crippen LogP contribution < -0.4 is 0 Å². The minimum atomic E-state index is -0.986. The van der Waals surface area contributed by atoms with Crippen molar-refractivity contribution in [1.29, 1.82) is 0 Å². The molecule has 7 nitrogen and oxygen atoms in total. The van der Waals surface area contributed by atoms with Gasteiger partial charge in [0.25, 0.3) is 0 Å². The second kappa shape index (κ2) is 6.01. The third-order valence-corrected chi connectivity index (χ3v) is 3.67. The summed E-state index contributed by atoms with van der Waals surface area (Å²) in [6, 6.07) is 0. The molecule has 0 spiro atoms. The summed E-state index contributed by atoms with van der Waals surface area (Å²) in [6.07, 6.45) is -5.89. The van der Waals surface area contributed by atoms with Gasteiger partial charge in [0.1, 0.15) is 12.2 Å². The molecule has 8 atom stereocenters. The molecule has 0 aromatic carbocycles. The van der Waals surface area contributed by atoms with Gasteiger partial charge in [0.05, 0.1) is 24.4 Å².